The predicted molar refractivity (Wildman–Crippen MR) is 100 cm³/mol. The Morgan fingerprint density at radius 3 is 2.92 bits per heavy atom. The number of rotatable bonds is 3. The standard InChI is InChI=1S/C17H17N5OS2/c1-10-18-14-12(8-5-9-13(14)24-10)19-16(23)21-17-20-15(22-25-17)11-6-3-2-4-7-11/h2-4,6-7,12H,5,8-9H2,1H3,(H2,19,20,21,22,23)/t12-/m0/s1. The average Bonchev–Trinajstić information content (AvgIpc) is 3.22. The van der Waals surface area contributed by atoms with E-state index in [0.29, 0.717) is 11.0 Å². The highest BCUT2D eigenvalue weighted by atomic mass is 32.1. The minimum atomic E-state index is -0.265. The molecule has 3 aromatic rings. The Morgan fingerprint density at radius 2 is 2.08 bits per heavy atom. The van der Waals surface area contributed by atoms with E-state index in [1.807, 2.05) is 37.3 Å². The lowest BCUT2D eigenvalue weighted by molar-refractivity contribution is 0.247. The van der Waals surface area contributed by atoms with Crippen LogP contribution in [0.5, 0.6) is 0 Å². The first-order valence-corrected chi connectivity index (χ1v) is 9.71. The molecule has 4 rings (SSSR count). The van der Waals surface area contributed by atoms with E-state index in [2.05, 4.69) is 25.0 Å². The van der Waals surface area contributed by atoms with Gasteiger partial charge in [-0.1, -0.05) is 30.3 Å². The van der Waals surface area contributed by atoms with Crippen molar-refractivity contribution in [1.82, 2.24) is 19.7 Å². The van der Waals surface area contributed by atoms with E-state index in [4.69, 9.17) is 0 Å². The SMILES string of the molecule is Cc1nc2c(s1)CCC[C@@H]2NC(=O)Nc1nc(-c2ccccc2)ns1. The van der Waals surface area contributed by atoms with Gasteiger partial charge in [-0.2, -0.15) is 9.36 Å². The maximum atomic E-state index is 12.3. The van der Waals surface area contributed by atoms with Crippen LogP contribution in [0.2, 0.25) is 0 Å². The molecule has 128 valence electrons. The first-order chi connectivity index (χ1) is 12.2. The van der Waals surface area contributed by atoms with Gasteiger partial charge in [0.1, 0.15) is 0 Å². The van der Waals surface area contributed by atoms with Gasteiger partial charge in [-0.3, -0.25) is 5.32 Å². The third-order valence-corrected chi connectivity index (χ3v) is 5.72. The number of nitrogens with zero attached hydrogens (tertiary/aromatic N) is 3. The summed E-state index contributed by atoms with van der Waals surface area (Å²) in [7, 11) is 0. The number of benzene rings is 1. The summed E-state index contributed by atoms with van der Waals surface area (Å²) in [6.07, 6.45) is 3.03. The highest BCUT2D eigenvalue weighted by Crippen LogP contribution is 2.33. The molecule has 0 bridgehead atoms. The number of anilines is 1. The second kappa shape index (κ2) is 6.89. The van der Waals surface area contributed by atoms with Gasteiger partial charge in [-0.15, -0.1) is 11.3 Å². The quantitative estimate of drug-likeness (QED) is 0.724. The van der Waals surface area contributed by atoms with Gasteiger partial charge in [0, 0.05) is 22.0 Å². The molecule has 1 aliphatic rings. The molecule has 2 aromatic heterocycles. The molecule has 0 aliphatic heterocycles. The zero-order valence-corrected chi connectivity index (χ0v) is 15.3. The molecule has 0 spiro atoms. The number of hydrogen-bond donors (Lipinski definition) is 2. The van der Waals surface area contributed by atoms with Crippen LogP contribution >= 0.6 is 22.9 Å². The topological polar surface area (TPSA) is 79.8 Å². The van der Waals surface area contributed by atoms with E-state index in [-0.39, 0.29) is 12.1 Å². The van der Waals surface area contributed by atoms with Crippen LogP contribution in [-0.2, 0) is 6.42 Å². The third-order valence-electron chi connectivity index (χ3n) is 4.05. The number of aromatic nitrogens is 3. The lowest BCUT2D eigenvalue weighted by atomic mass is 9.98. The van der Waals surface area contributed by atoms with Crippen molar-refractivity contribution in [3.05, 3.63) is 45.9 Å². The van der Waals surface area contributed by atoms with Crippen molar-refractivity contribution in [1.29, 1.82) is 0 Å². The van der Waals surface area contributed by atoms with Crippen molar-refractivity contribution in [2.45, 2.75) is 32.2 Å². The number of fused-ring (bicyclic) bond motifs is 1. The summed E-state index contributed by atoms with van der Waals surface area (Å²) < 4.78 is 4.30. The van der Waals surface area contributed by atoms with Crippen LogP contribution in [0.4, 0.5) is 9.93 Å². The fourth-order valence-corrected chi connectivity index (χ4v) is 4.58. The van der Waals surface area contributed by atoms with Gasteiger partial charge in [0.2, 0.25) is 5.13 Å². The van der Waals surface area contributed by atoms with Crippen molar-refractivity contribution in [3.8, 4) is 11.4 Å². The van der Waals surface area contributed by atoms with E-state index in [0.717, 1.165) is 35.5 Å². The van der Waals surface area contributed by atoms with E-state index >= 15 is 0 Å². The van der Waals surface area contributed by atoms with Gasteiger partial charge in [0.15, 0.2) is 5.82 Å². The summed E-state index contributed by atoms with van der Waals surface area (Å²) in [6.45, 7) is 2.01. The van der Waals surface area contributed by atoms with E-state index < -0.39 is 0 Å². The second-order valence-electron chi connectivity index (χ2n) is 5.87. The summed E-state index contributed by atoms with van der Waals surface area (Å²) in [5.74, 6) is 0.621. The average molecular weight is 371 g/mol. The van der Waals surface area contributed by atoms with Gasteiger partial charge >= 0.3 is 6.03 Å². The lowest BCUT2D eigenvalue weighted by Crippen LogP contribution is -2.34. The molecule has 2 N–H and O–H groups in total. The fraction of sp³-hybridized carbons (Fsp3) is 0.294. The first-order valence-electron chi connectivity index (χ1n) is 8.12. The van der Waals surface area contributed by atoms with E-state index in [1.54, 1.807) is 11.3 Å². The number of carbonyl (C=O) groups is 1. The molecular weight excluding hydrogens is 354 g/mol. The molecule has 0 saturated heterocycles. The molecule has 1 aromatic carbocycles. The Bertz CT molecular complexity index is 890. The van der Waals surface area contributed by atoms with Crippen molar-refractivity contribution in [2.24, 2.45) is 0 Å². The van der Waals surface area contributed by atoms with Crippen LogP contribution in [0.3, 0.4) is 0 Å². The van der Waals surface area contributed by atoms with Crippen LogP contribution in [0.25, 0.3) is 11.4 Å². The molecule has 1 atom stereocenters. The third kappa shape index (κ3) is 3.54. The van der Waals surface area contributed by atoms with Gasteiger partial charge in [0.05, 0.1) is 16.7 Å². The molecule has 0 saturated carbocycles. The number of urea groups is 1. The second-order valence-corrected chi connectivity index (χ2v) is 7.91. The number of thiazole rings is 1. The summed E-state index contributed by atoms with van der Waals surface area (Å²) >= 11 is 2.90. The van der Waals surface area contributed by atoms with Crippen LogP contribution in [0, 0.1) is 6.92 Å². The highest BCUT2D eigenvalue weighted by Gasteiger charge is 2.25. The Hall–Kier alpha value is -2.32. The Kier molecular flexibility index (Phi) is 4.46. The van der Waals surface area contributed by atoms with Gasteiger partial charge in [0.25, 0.3) is 0 Å². The van der Waals surface area contributed by atoms with Crippen LogP contribution < -0.4 is 10.6 Å². The molecule has 25 heavy (non-hydrogen) atoms. The number of hydrogen-bond acceptors (Lipinski definition) is 6. The smallest absolute Gasteiger partial charge is 0.321 e. The van der Waals surface area contributed by atoms with Crippen LogP contribution in [0.1, 0.15) is 34.5 Å². The normalized spacial score (nSPS) is 16.3. The van der Waals surface area contributed by atoms with Gasteiger partial charge < -0.3 is 5.32 Å². The Balaban J connectivity index is 1.43. The molecule has 0 radical (unpaired) electrons. The van der Waals surface area contributed by atoms with E-state index in [1.165, 1.54) is 16.4 Å². The molecule has 0 unspecified atom stereocenters. The minimum Gasteiger partial charge on any atom is -0.329 e. The number of nitrogens with one attached hydrogen (secondary N) is 2. The molecule has 2 heterocycles. The zero-order valence-electron chi connectivity index (χ0n) is 13.7. The lowest BCUT2D eigenvalue weighted by Gasteiger charge is -2.22. The molecule has 8 heteroatoms. The summed E-state index contributed by atoms with van der Waals surface area (Å²) in [5, 5.41) is 7.35. The van der Waals surface area contributed by atoms with Crippen LogP contribution in [-0.4, -0.2) is 20.4 Å². The van der Waals surface area contributed by atoms with Gasteiger partial charge in [-0.25, -0.2) is 9.78 Å². The minimum absolute atomic E-state index is 0.0322. The summed E-state index contributed by atoms with van der Waals surface area (Å²) in [5.41, 5.74) is 1.95. The van der Waals surface area contributed by atoms with Crippen LogP contribution in [0.15, 0.2) is 30.3 Å². The summed E-state index contributed by atoms with van der Waals surface area (Å²) in [4.78, 5) is 22.6. The largest absolute Gasteiger partial charge is 0.329 e. The van der Waals surface area contributed by atoms with Gasteiger partial charge in [-0.05, 0) is 26.2 Å². The predicted octanol–water partition coefficient (Wildman–Crippen LogP) is 4.17. The molecular formula is C17H17N5OS2. The Morgan fingerprint density at radius 1 is 1.24 bits per heavy atom. The molecule has 0 fully saturated rings. The maximum Gasteiger partial charge on any atom is 0.321 e. The fourth-order valence-electron chi connectivity index (χ4n) is 2.95. The monoisotopic (exact) mass is 371 g/mol. The van der Waals surface area contributed by atoms with Crippen molar-refractivity contribution in [2.75, 3.05) is 5.32 Å². The number of carbonyl (C=O) groups excluding carboxylic acids is 1. The number of amides is 2. The molecule has 6 nitrogen and oxygen atoms in total. The molecule has 2 amide bonds. The summed E-state index contributed by atoms with van der Waals surface area (Å²) in [6, 6.07) is 9.41. The van der Waals surface area contributed by atoms with E-state index in [9.17, 15) is 4.79 Å². The van der Waals surface area contributed by atoms with Crippen molar-refractivity contribution < 1.29 is 4.79 Å². The Labute approximate surface area is 153 Å². The first kappa shape index (κ1) is 16.2. The molecule has 1 aliphatic carbocycles. The number of aryl methyl sites for hydroxylation is 2. The highest BCUT2D eigenvalue weighted by molar-refractivity contribution is 7.11. The zero-order chi connectivity index (χ0) is 17.2. The van der Waals surface area contributed by atoms with Crippen molar-refractivity contribution >= 4 is 34.0 Å². The maximum absolute atomic E-state index is 12.3. The van der Waals surface area contributed by atoms with Crippen molar-refractivity contribution in [3.63, 3.8) is 0 Å².